The van der Waals surface area contributed by atoms with Gasteiger partial charge < -0.3 is 10.1 Å². The minimum Gasteiger partial charge on any atom is -0.483 e. The highest BCUT2D eigenvalue weighted by atomic mass is 32.2. The Bertz CT molecular complexity index is 1010. The molecule has 0 aromatic heterocycles. The van der Waals surface area contributed by atoms with Gasteiger partial charge in [-0.15, -0.1) is 0 Å². The van der Waals surface area contributed by atoms with Gasteiger partial charge in [-0.1, -0.05) is 42.5 Å². The molecule has 0 unspecified atom stereocenters. The van der Waals surface area contributed by atoms with Crippen molar-refractivity contribution < 1.29 is 32.3 Å². The summed E-state index contributed by atoms with van der Waals surface area (Å²) in [5.41, 5.74) is -0.205. The van der Waals surface area contributed by atoms with E-state index >= 15 is 0 Å². The molecule has 10 heteroatoms. The molecule has 3 rings (SSSR count). The Morgan fingerprint density at radius 3 is 2.45 bits per heavy atom. The summed E-state index contributed by atoms with van der Waals surface area (Å²) in [6, 6.07) is 13.6. The van der Waals surface area contributed by atoms with E-state index in [0.29, 0.717) is 0 Å². The van der Waals surface area contributed by atoms with Gasteiger partial charge >= 0.3 is 6.18 Å². The van der Waals surface area contributed by atoms with Gasteiger partial charge in [0.15, 0.2) is 6.61 Å². The van der Waals surface area contributed by atoms with Gasteiger partial charge in [0.1, 0.15) is 5.75 Å². The topological polar surface area (TPSA) is 75.7 Å². The number of carbonyl (C=O) groups is 3. The van der Waals surface area contributed by atoms with Crippen LogP contribution in [0.25, 0.3) is 6.08 Å². The molecule has 1 heterocycles. The Labute approximate surface area is 180 Å². The number of thioether (sulfide) groups is 1. The summed E-state index contributed by atoms with van der Waals surface area (Å²) in [5.74, 6) is -1.60. The van der Waals surface area contributed by atoms with E-state index in [4.69, 9.17) is 4.74 Å². The van der Waals surface area contributed by atoms with E-state index in [0.717, 1.165) is 34.4 Å². The fourth-order valence-corrected chi connectivity index (χ4v) is 3.59. The monoisotopic (exact) mass is 450 g/mol. The number of rotatable bonds is 7. The summed E-state index contributed by atoms with van der Waals surface area (Å²) in [5, 5.41) is 1.96. The lowest BCUT2D eigenvalue weighted by Crippen LogP contribution is -2.38. The third-order valence-corrected chi connectivity index (χ3v) is 5.09. The molecule has 1 aliphatic heterocycles. The highest BCUT2D eigenvalue weighted by Gasteiger charge is 2.35. The second-order valence-electron chi connectivity index (χ2n) is 6.38. The number of para-hydroxylation sites is 1. The van der Waals surface area contributed by atoms with Crippen molar-refractivity contribution >= 4 is 34.9 Å². The van der Waals surface area contributed by atoms with Crippen molar-refractivity contribution in [3.8, 4) is 5.75 Å². The smallest absolute Gasteiger partial charge is 0.419 e. The van der Waals surface area contributed by atoms with Crippen LogP contribution in [0.15, 0.2) is 59.5 Å². The van der Waals surface area contributed by atoms with Gasteiger partial charge in [-0.3, -0.25) is 19.3 Å². The first-order chi connectivity index (χ1) is 14.8. The number of hydrogen-bond acceptors (Lipinski definition) is 5. The van der Waals surface area contributed by atoms with Crippen molar-refractivity contribution in [3.05, 3.63) is 70.6 Å². The van der Waals surface area contributed by atoms with Crippen LogP contribution >= 0.6 is 11.8 Å². The van der Waals surface area contributed by atoms with E-state index in [1.165, 1.54) is 12.1 Å². The lowest BCUT2D eigenvalue weighted by atomic mass is 10.2. The number of amides is 3. The van der Waals surface area contributed by atoms with Gasteiger partial charge in [-0.2, -0.15) is 13.2 Å². The van der Waals surface area contributed by atoms with Crippen LogP contribution < -0.4 is 10.1 Å². The number of nitrogens with one attached hydrogen (secondary N) is 1. The van der Waals surface area contributed by atoms with Crippen LogP contribution in [0.1, 0.15) is 11.1 Å². The van der Waals surface area contributed by atoms with Crippen LogP contribution in [-0.2, 0) is 15.8 Å². The quantitative estimate of drug-likeness (QED) is 0.647. The molecule has 0 radical (unpaired) electrons. The maximum absolute atomic E-state index is 12.9. The number of alkyl halides is 3. The summed E-state index contributed by atoms with van der Waals surface area (Å²) < 4.78 is 43.8. The number of benzene rings is 2. The number of carbonyl (C=O) groups excluding carboxylic acids is 3. The highest BCUT2D eigenvalue weighted by molar-refractivity contribution is 8.18. The average Bonchev–Trinajstić information content (AvgIpc) is 3.00. The highest BCUT2D eigenvalue weighted by Crippen LogP contribution is 2.36. The zero-order valence-electron chi connectivity index (χ0n) is 16.0. The number of imide groups is 1. The molecule has 2 aromatic rings. The van der Waals surface area contributed by atoms with E-state index in [-0.39, 0.29) is 18.0 Å². The first kappa shape index (κ1) is 22.4. The van der Waals surface area contributed by atoms with Crippen molar-refractivity contribution in [2.24, 2.45) is 0 Å². The lowest BCUT2D eigenvalue weighted by molar-refractivity contribution is -0.139. The minimum absolute atomic E-state index is 0.0558. The first-order valence-electron chi connectivity index (χ1n) is 9.12. The summed E-state index contributed by atoms with van der Waals surface area (Å²) in [4.78, 5) is 37.7. The Balaban J connectivity index is 1.49. The Morgan fingerprint density at radius 1 is 1.06 bits per heavy atom. The van der Waals surface area contributed by atoms with Crippen molar-refractivity contribution in [1.82, 2.24) is 10.2 Å². The number of hydrogen-bond donors (Lipinski definition) is 1. The molecule has 6 nitrogen and oxygen atoms in total. The normalized spacial score (nSPS) is 15.5. The van der Waals surface area contributed by atoms with Crippen LogP contribution in [0, 0.1) is 0 Å². The van der Waals surface area contributed by atoms with Gasteiger partial charge in [-0.05, 0) is 35.5 Å². The SMILES string of the molecule is O=C(COc1ccccc1C(F)(F)F)NCCN1C(=O)S/C(=C\c2ccccc2)C1=O. The zero-order chi connectivity index (χ0) is 22.4. The van der Waals surface area contributed by atoms with E-state index < -0.39 is 41.1 Å². The van der Waals surface area contributed by atoms with Crippen LogP contribution in [0.2, 0.25) is 0 Å². The molecule has 0 bridgehead atoms. The molecule has 0 spiro atoms. The minimum atomic E-state index is -4.60. The maximum Gasteiger partial charge on any atom is 0.419 e. The second-order valence-corrected chi connectivity index (χ2v) is 7.37. The number of nitrogens with zero attached hydrogens (tertiary/aromatic N) is 1. The second kappa shape index (κ2) is 9.69. The summed E-state index contributed by atoms with van der Waals surface area (Å²) in [6.07, 6.45) is -3.00. The average molecular weight is 450 g/mol. The molecular weight excluding hydrogens is 433 g/mol. The number of halogens is 3. The van der Waals surface area contributed by atoms with Gasteiger partial charge in [0, 0.05) is 13.1 Å². The van der Waals surface area contributed by atoms with Gasteiger partial charge in [0.05, 0.1) is 10.5 Å². The molecule has 0 atom stereocenters. The molecular formula is C21H17F3N2O4S. The fraction of sp³-hybridized carbons (Fsp3) is 0.190. The van der Waals surface area contributed by atoms with Crippen molar-refractivity contribution in [1.29, 1.82) is 0 Å². The van der Waals surface area contributed by atoms with E-state index in [9.17, 15) is 27.6 Å². The summed E-state index contributed by atoms with van der Waals surface area (Å²) in [6.45, 7) is -0.760. The Morgan fingerprint density at radius 2 is 1.74 bits per heavy atom. The molecule has 1 fully saturated rings. The molecule has 2 aromatic carbocycles. The summed E-state index contributed by atoms with van der Waals surface area (Å²) >= 11 is 0.801. The Hall–Kier alpha value is -3.27. The predicted molar refractivity (Wildman–Crippen MR) is 109 cm³/mol. The zero-order valence-corrected chi connectivity index (χ0v) is 16.8. The standard InChI is InChI=1S/C21H17F3N2O4S/c22-21(23,24)15-8-4-5-9-16(15)30-13-18(27)25-10-11-26-19(28)17(31-20(26)29)12-14-6-2-1-3-7-14/h1-9,12H,10-11,13H2,(H,25,27)/b17-12-. The van der Waals surface area contributed by atoms with Crippen molar-refractivity contribution in [2.45, 2.75) is 6.18 Å². The van der Waals surface area contributed by atoms with Crippen LogP contribution in [0.3, 0.4) is 0 Å². The van der Waals surface area contributed by atoms with Crippen molar-refractivity contribution in [2.75, 3.05) is 19.7 Å². The molecule has 0 aliphatic carbocycles. The third kappa shape index (κ3) is 5.88. The fourth-order valence-electron chi connectivity index (χ4n) is 2.72. The molecule has 1 saturated heterocycles. The largest absolute Gasteiger partial charge is 0.483 e. The molecule has 1 aliphatic rings. The summed E-state index contributed by atoms with van der Waals surface area (Å²) in [7, 11) is 0. The molecule has 0 saturated carbocycles. The van der Waals surface area contributed by atoms with Gasteiger partial charge in [0.2, 0.25) is 0 Å². The number of ether oxygens (including phenoxy) is 1. The van der Waals surface area contributed by atoms with Gasteiger partial charge in [-0.25, -0.2) is 0 Å². The third-order valence-electron chi connectivity index (χ3n) is 4.18. The molecule has 31 heavy (non-hydrogen) atoms. The molecule has 1 N–H and O–H groups in total. The van der Waals surface area contributed by atoms with Crippen LogP contribution in [-0.4, -0.2) is 41.6 Å². The molecule has 3 amide bonds. The maximum atomic E-state index is 12.9. The lowest BCUT2D eigenvalue weighted by Gasteiger charge is -2.15. The predicted octanol–water partition coefficient (Wildman–Crippen LogP) is 3.94. The Kier molecular flexibility index (Phi) is 7.01. The van der Waals surface area contributed by atoms with Crippen LogP contribution in [0.5, 0.6) is 5.75 Å². The van der Waals surface area contributed by atoms with Crippen LogP contribution in [0.4, 0.5) is 18.0 Å². The van der Waals surface area contributed by atoms with Gasteiger partial charge in [0.25, 0.3) is 17.1 Å². The first-order valence-corrected chi connectivity index (χ1v) is 9.93. The van der Waals surface area contributed by atoms with E-state index in [2.05, 4.69) is 5.32 Å². The van der Waals surface area contributed by atoms with E-state index in [1.807, 2.05) is 6.07 Å². The molecule has 162 valence electrons. The van der Waals surface area contributed by atoms with Crippen molar-refractivity contribution in [3.63, 3.8) is 0 Å². The van der Waals surface area contributed by atoms with E-state index in [1.54, 1.807) is 30.3 Å².